The van der Waals surface area contributed by atoms with Crippen LogP contribution in [0.15, 0.2) is 0 Å². The van der Waals surface area contributed by atoms with E-state index < -0.39 is 29.0 Å². The highest BCUT2D eigenvalue weighted by Crippen LogP contribution is 2.61. The molecule has 2 fully saturated rings. The second-order valence-electron chi connectivity index (χ2n) is 6.91. The van der Waals surface area contributed by atoms with Crippen LogP contribution in [0.25, 0.3) is 0 Å². The van der Waals surface area contributed by atoms with Crippen LogP contribution in [0, 0.1) is 17.3 Å². The summed E-state index contributed by atoms with van der Waals surface area (Å²) in [6, 6.07) is 0. The Balaban J connectivity index is 2.48. The lowest BCUT2D eigenvalue weighted by atomic mass is 9.64. The molecule has 2 saturated carbocycles. The van der Waals surface area contributed by atoms with Crippen LogP contribution in [0.1, 0.15) is 33.1 Å². The Kier molecular flexibility index (Phi) is 6.01. The van der Waals surface area contributed by atoms with Gasteiger partial charge in [-0.1, -0.05) is 0 Å². The number of hydrogen-bond acceptors (Lipinski definition) is 7. The molecular formula is C17H28O7. The van der Waals surface area contributed by atoms with E-state index in [9.17, 15) is 9.59 Å². The number of hydrogen-bond donors (Lipinski definition) is 0. The van der Waals surface area contributed by atoms with Crippen molar-refractivity contribution in [2.45, 2.75) is 44.8 Å². The average Bonchev–Trinajstić information content (AvgIpc) is 2.71. The van der Waals surface area contributed by atoms with E-state index in [4.69, 9.17) is 23.7 Å². The Morgan fingerprint density at radius 1 is 1.08 bits per heavy atom. The molecule has 7 heteroatoms. The second kappa shape index (κ2) is 7.47. The van der Waals surface area contributed by atoms with Crippen LogP contribution in [0.5, 0.6) is 0 Å². The number of carbonyl (C=O) groups is 2. The van der Waals surface area contributed by atoms with Gasteiger partial charge in [0.15, 0.2) is 0 Å². The number of fused-ring (bicyclic) bond motifs is 2. The van der Waals surface area contributed by atoms with Gasteiger partial charge in [0.1, 0.15) is 24.8 Å². The molecule has 2 aliphatic rings. The molecule has 0 spiro atoms. The molecule has 0 unspecified atom stereocenters. The van der Waals surface area contributed by atoms with Gasteiger partial charge in [0, 0.05) is 26.1 Å². The zero-order valence-corrected chi connectivity index (χ0v) is 15.1. The first kappa shape index (κ1) is 19.3. The summed E-state index contributed by atoms with van der Waals surface area (Å²) in [6.07, 6.45) is 1.22. The first-order chi connectivity index (χ1) is 11.4. The largest absolute Gasteiger partial charge is 0.468 e. The van der Waals surface area contributed by atoms with Crippen LogP contribution in [0.2, 0.25) is 0 Å². The Bertz CT molecular complexity index is 480. The fourth-order valence-corrected chi connectivity index (χ4v) is 4.72. The molecule has 0 saturated heterocycles. The number of carbonyl (C=O) groups excluding carboxylic acids is 2. The van der Waals surface area contributed by atoms with Gasteiger partial charge in [-0.15, -0.1) is 0 Å². The lowest BCUT2D eigenvalue weighted by Gasteiger charge is -2.43. The smallest absolute Gasteiger partial charge is 0.315 e. The van der Waals surface area contributed by atoms with Crippen molar-refractivity contribution in [1.82, 2.24) is 0 Å². The van der Waals surface area contributed by atoms with Gasteiger partial charge >= 0.3 is 5.97 Å². The minimum absolute atomic E-state index is 0.0270. The van der Waals surface area contributed by atoms with Crippen molar-refractivity contribution in [2.24, 2.45) is 17.3 Å². The highest BCUT2D eigenvalue weighted by molar-refractivity contribution is 5.89. The van der Waals surface area contributed by atoms with Crippen molar-refractivity contribution in [1.29, 1.82) is 0 Å². The summed E-state index contributed by atoms with van der Waals surface area (Å²) in [4.78, 5) is 25.1. The zero-order valence-electron chi connectivity index (χ0n) is 15.1. The third-order valence-corrected chi connectivity index (χ3v) is 5.62. The molecule has 2 aliphatic carbocycles. The van der Waals surface area contributed by atoms with Crippen molar-refractivity contribution < 1.29 is 33.3 Å². The Hall–Kier alpha value is -1.02. The van der Waals surface area contributed by atoms with Gasteiger partial charge in [-0.05, 0) is 33.1 Å². The summed E-state index contributed by atoms with van der Waals surface area (Å²) < 4.78 is 27.1. The molecule has 0 radical (unpaired) electrons. The monoisotopic (exact) mass is 344 g/mol. The van der Waals surface area contributed by atoms with Crippen LogP contribution in [-0.2, 0) is 33.3 Å². The van der Waals surface area contributed by atoms with Crippen molar-refractivity contribution in [3.8, 4) is 0 Å². The van der Waals surface area contributed by atoms with E-state index in [1.807, 2.05) is 6.92 Å². The maximum atomic E-state index is 12.8. The third kappa shape index (κ3) is 2.98. The quantitative estimate of drug-likeness (QED) is 0.488. The fraction of sp³-hybridized carbons (Fsp3) is 0.882. The maximum Gasteiger partial charge on any atom is 0.315 e. The molecule has 0 aromatic rings. The molecule has 0 aromatic carbocycles. The number of ketones is 1. The normalized spacial score (nSPS) is 38.1. The molecule has 0 aliphatic heterocycles. The molecule has 0 heterocycles. The van der Waals surface area contributed by atoms with Crippen LogP contribution in [0.4, 0.5) is 0 Å². The van der Waals surface area contributed by atoms with Gasteiger partial charge in [0.05, 0.1) is 18.8 Å². The van der Waals surface area contributed by atoms with Crippen molar-refractivity contribution >= 4 is 11.8 Å². The molecule has 5 atom stereocenters. The summed E-state index contributed by atoms with van der Waals surface area (Å²) in [5.74, 6) is -0.937. The lowest BCUT2D eigenvalue weighted by Crippen LogP contribution is -2.53. The second-order valence-corrected chi connectivity index (χ2v) is 6.91. The number of Topliss-reactive ketones (excluding diaryl/α,β-unsaturated/α-hetero) is 1. The average molecular weight is 344 g/mol. The highest BCUT2D eigenvalue weighted by Gasteiger charge is 2.70. The van der Waals surface area contributed by atoms with Crippen LogP contribution < -0.4 is 0 Å². The lowest BCUT2D eigenvalue weighted by molar-refractivity contribution is -0.191. The Morgan fingerprint density at radius 2 is 1.75 bits per heavy atom. The fourth-order valence-electron chi connectivity index (χ4n) is 4.72. The summed E-state index contributed by atoms with van der Waals surface area (Å²) >= 11 is 0. The molecule has 2 bridgehead atoms. The van der Waals surface area contributed by atoms with Gasteiger partial charge < -0.3 is 23.7 Å². The zero-order chi connectivity index (χ0) is 18.0. The maximum absolute atomic E-state index is 12.8. The highest BCUT2D eigenvalue weighted by atomic mass is 16.7. The van der Waals surface area contributed by atoms with Gasteiger partial charge in [-0.25, -0.2) is 0 Å². The molecule has 7 nitrogen and oxygen atoms in total. The molecule has 2 rings (SSSR count). The van der Waals surface area contributed by atoms with E-state index in [0.29, 0.717) is 12.8 Å². The van der Waals surface area contributed by atoms with Crippen LogP contribution in [-0.4, -0.2) is 58.4 Å². The minimum Gasteiger partial charge on any atom is -0.468 e. The van der Waals surface area contributed by atoms with E-state index in [2.05, 4.69) is 0 Å². The van der Waals surface area contributed by atoms with Crippen molar-refractivity contribution in [3.63, 3.8) is 0 Å². The van der Waals surface area contributed by atoms with Crippen molar-refractivity contribution in [2.75, 3.05) is 34.9 Å². The molecule has 24 heavy (non-hydrogen) atoms. The first-order valence-electron chi connectivity index (χ1n) is 8.19. The molecular weight excluding hydrogens is 316 g/mol. The van der Waals surface area contributed by atoms with Crippen molar-refractivity contribution in [3.05, 3.63) is 0 Å². The number of esters is 1. The van der Waals surface area contributed by atoms with Gasteiger partial charge in [-0.3, -0.25) is 9.59 Å². The first-order valence-corrected chi connectivity index (χ1v) is 8.19. The Morgan fingerprint density at radius 3 is 2.29 bits per heavy atom. The Labute approximate surface area is 142 Å². The van der Waals surface area contributed by atoms with E-state index in [0.717, 1.165) is 6.42 Å². The standard InChI is InChI=1S/C17H28O7/c1-11(18)12-6-7-13-14(23-9-20-3)17(12,15(19)22-5)8-16(13,2)24-10-21-4/h12-14H,6-10H2,1-5H3/t12-,13+,14+,16+,17+/m0/s1. The van der Waals surface area contributed by atoms with E-state index in [-0.39, 0.29) is 25.3 Å². The summed E-state index contributed by atoms with van der Waals surface area (Å²) in [7, 11) is 4.42. The van der Waals surface area contributed by atoms with Gasteiger partial charge in [0.25, 0.3) is 0 Å². The van der Waals surface area contributed by atoms with E-state index >= 15 is 0 Å². The van der Waals surface area contributed by atoms with Gasteiger partial charge in [-0.2, -0.15) is 0 Å². The summed E-state index contributed by atoms with van der Waals surface area (Å²) in [6.45, 7) is 3.64. The predicted octanol–water partition coefficient (Wildman–Crippen LogP) is 1.53. The molecule has 138 valence electrons. The molecule has 0 amide bonds. The SMILES string of the molecule is COCO[C@@H]1[C@H]2CC[C@@H](C(C)=O)[C@]1(C(=O)OC)C[C@@]2(C)OCOC. The van der Waals surface area contributed by atoms with Crippen LogP contribution in [0.3, 0.4) is 0 Å². The van der Waals surface area contributed by atoms with Crippen LogP contribution >= 0.6 is 0 Å². The predicted molar refractivity (Wildman–Crippen MR) is 84.1 cm³/mol. The van der Waals surface area contributed by atoms with E-state index in [1.54, 1.807) is 7.11 Å². The third-order valence-electron chi connectivity index (χ3n) is 5.62. The minimum atomic E-state index is -1.05. The van der Waals surface area contributed by atoms with E-state index in [1.165, 1.54) is 21.1 Å². The number of methoxy groups -OCH3 is 3. The molecule has 0 N–H and O–H groups in total. The summed E-state index contributed by atoms with van der Waals surface area (Å²) in [5, 5.41) is 0. The van der Waals surface area contributed by atoms with Gasteiger partial charge in [0.2, 0.25) is 0 Å². The number of rotatable bonds is 8. The topological polar surface area (TPSA) is 80.3 Å². The molecule has 0 aromatic heterocycles. The number of ether oxygens (including phenoxy) is 5. The summed E-state index contributed by atoms with van der Waals surface area (Å²) in [5.41, 5.74) is -1.68.